The summed E-state index contributed by atoms with van der Waals surface area (Å²) >= 11 is 9.67. The topological polar surface area (TPSA) is 38.5 Å². The zero-order valence-electron chi connectivity index (χ0n) is 10.7. The summed E-state index contributed by atoms with van der Waals surface area (Å²) in [6, 6.07) is 6.91. The molecule has 2 fully saturated rings. The quantitative estimate of drug-likeness (QED) is 0.915. The first-order chi connectivity index (χ1) is 9.20. The minimum Gasteiger partial charge on any atom is -0.374 e. The Labute approximate surface area is 127 Å². The van der Waals surface area contributed by atoms with Crippen molar-refractivity contribution in [3.8, 4) is 0 Å². The SMILES string of the molecule is NCC1OCCN(C2CC2)C1c1ccc(Cl)cc1Br. The van der Waals surface area contributed by atoms with E-state index in [1.54, 1.807) is 0 Å². The second-order valence-electron chi connectivity index (χ2n) is 5.22. The van der Waals surface area contributed by atoms with Gasteiger partial charge in [0.05, 0.1) is 18.8 Å². The van der Waals surface area contributed by atoms with Crippen molar-refractivity contribution >= 4 is 27.5 Å². The fraction of sp³-hybridized carbons (Fsp3) is 0.571. The molecule has 1 aromatic carbocycles. The lowest BCUT2D eigenvalue weighted by Crippen LogP contribution is -2.49. The van der Waals surface area contributed by atoms with E-state index in [9.17, 15) is 0 Å². The third-order valence-electron chi connectivity index (χ3n) is 3.92. The number of nitrogens with zero attached hydrogens (tertiary/aromatic N) is 1. The molecule has 0 radical (unpaired) electrons. The minimum absolute atomic E-state index is 0.0619. The van der Waals surface area contributed by atoms with Gasteiger partial charge < -0.3 is 10.5 Å². The molecule has 0 amide bonds. The van der Waals surface area contributed by atoms with Gasteiger partial charge in [0, 0.05) is 28.6 Å². The summed E-state index contributed by atoms with van der Waals surface area (Å²) in [4.78, 5) is 2.55. The lowest BCUT2D eigenvalue weighted by Gasteiger charge is -2.41. The predicted molar refractivity (Wildman–Crippen MR) is 80.4 cm³/mol. The van der Waals surface area contributed by atoms with Gasteiger partial charge in [0.25, 0.3) is 0 Å². The predicted octanol–water partition coefficient (Wildman–Crippen LogP) is 2.97. The maximum Gasteiger partial charge on any atom is 0.0894 e. The summed E-state index contributed by atoms with van der Waals surface area (Å²) in [6.45, 7) is 2.31. The molecule has 2 atom stereocenters. The van der Waals surface area contributed by atoms with Gasteiger partial charge in [0.2, 0.25) is 0 Å². The highest BCUT2D eigenvalue weighted by Crippen LogP contribution is 2.41. The molecule has 3 nitrogen and oxygen atoms in total. The lowest BCUT2D eigenvalue weighted by atomic mass is 9.97. The summed E-state index contributed by atoms with van der Waals surface area (Å²) in [7, 11) is 0. The van der Waals surface area contributed by atoms with Gasteiger partial charge in [-0.25, -0.2) is 0 Å². The third kappa shape index (κ3) is 2.83. The lowest BCUT2D eigenvalue weighted by molar-refractivity contribution is -0.0714. The van der Waals surface area contributed by atoms with E-state index in [4.69, 9.17) is 22.1 Å². The minimum atomic E-state index is 0.0619. The number of nitrogens with two attached hydrogens (primary N) is 1. The van der Waals surface area contributed by atoms with E-state index in [1.165, 1.54) is 18.4 Å². The molecule has 1 saturated carbocycles. The number of rotatable bonds is 3. The number of benzene rings is 1. The van der Waals surface area contributed by atoms with E-state index in [2.05, 4.69) is 26.9 Å². The molecule has 2 N–H and O–H groups in total. The molecule has 1 heterocycles. The number of hydrogen-bond acceptors (Lipinski definition) is 3. The summed E-state index contributed by atoms with van der Waals surface area (Å²) in [6.07, 6.45) is 2.64. The Hall–Kier alpha value is -0.130. The Morgan fingerprint density at radius 2 is 2.21 bits per heavy atom. The Balaban J connectivity index is 1.95. The summed E-state index contributed by atoms with van der Waals surface area (Å²) in [5.74, 6) is 0. The van der Waals surface area contributed by atoms with E-state index < -0.39 is 0 Å². The van der Waals surface area contributed by atoms with Crippen molar-refractivity contribution in [3.05, 3.63) is 33.3 Å². The maximum atomic E-state index is 6.04. The van der Waals surface area contributed by atoms with E-state index in [0.717, 1.165) is 22.6 Å². The van der Waals surface area contributed by atoms with Crippen LogP contribution in [0.15, 0.2) is 22.7 Å². The maximum absolute atomic E-state index is 6.04. The van der Waals surface area contributed by atoms with Gasteiger partial charge in [-0.2, -0.15) is 0 Å². The van der Waals surface area contributed by atoms with Crippen LogP contribution in [0.5, 0.6) is 0 Å². The largest absolute Gasteiger partial charge is 0.374 e. The summed E-state index contributed by atoms with van der Waals surface area (Å²) < 4.78 is 6.91. The molecule has 0 spiro atoms. The van der Waals surface area contributed by atoms with Crippen molar-refractivity contribution in [3.63, 3.8) is 0 Å². The van der Waals surface area contributed by atoms with Crippen molar-refractivity contribution < 1.29 is 4.74 Å². The van der Waals surface area contributed by atoms with Crippen LogP contribution in [-0.2, 0) is 4.74 Å². The van der Waals surface area contributed by atoms with E-state index >= 15 is 0 Å². The van der Waals surface area contributed by atoms with E-state index in [-0.39, 0.29) is 12.1 Å². The third-order valence-corrected chi connectivity index (χ3v) is 4.84. The molecule has 2 aliphatic rings. The fourth-order valence-electron chi connectivity index (χ4n) is 2.89. The number of halogens is 2. The number of ether oxygens (including phenoxy) is 1. The molecule has 1 aliphatic carbocycles. The number of morpholine rings is 1. The molecular formula is C14H18BrClN2O. The van der Waals surface area contributed by atoms with Crippen LogP contribution < -0.4 is 5.73 Å². The molecule has 1 saturated heterocycles. The molecule has 3 rings (SSSR count). The zero-order valence-corrected chi connectivity index (χ0v) is 13.0. The first-order valence-electron chi connectivity index (χ1n) is 6.73. The van der Waals surface area contributed by atoms with Gasteiger partial charge in [0.15, 0.2) is 0 Å². The molecular weight excluding hydrogens is 328 g/mol. The van der Waals surface area contributed by atoms with E-state index in [1.807, 2.05) is 12.1 Å². The van der Waals surface area contributed by atoms with Crippen LogP contribution in [0.25, 0.3) is 0 Å². The van der Waals surface area contributed by atoms with Gasteiger partial charge in [-0.05, 0) is 30.5 Å². The highest BCUT2D eigenvalue weighted by atomic mass is 79.9. The van der Waals surface area contributed by atoms with E-state index in [0.29, 0.717) is 12.6 Å². The zero-order chi connectivity index (χ0) is 13.4. The monoisotopic (exact) mass is 344 g/mol. The van der Waals surface area contributed by atoms with Gasteiger partial charge in [0.1, 0.15) is 0 Å². The standard InChI is InChI=1S/C14H18BrClN2O/c15-12-7-9(16)1-4-11(12)14-13(8-17)19-6-5-18(14)10-2-3-10/h1,4,7,10,13-14H,2-3,5-6,8,17H2. The van der Waals surface area contributed by atoms with Crippen LogP contribution >= 0.6 is 27.5 Å². The van der Waals surface area contributed by atoms with Crippen LogP contribution in [0.1, 0.15) is 24.4 Å². The average Bonchev–Trinajstić information content (AvgIpc) is 3.22. The second-order valence-corrected chi connectivity index (χ2v) is 6.52. The smallest absolute Gasteiger partial charge is 0.0894 e. The second kappa shape index (κ2) is 5.70. The van der Waals surface area contributed by atoms with Crippen LogP contribution in [0.4, 0.5) is 0 Å². The first-order valence-corrected chi connectivity index (χ1v) is 7.90. The van der Waals surface area contributed by atoms with Crippen molar-refractivity contribution in [1.29, 1.82) is 0 Å². The van der Waals surface area contributed by atoms with Gasteiger partial charge in [-0.15, -0.1) is 0 Å². The number of hydrogen-bond donors (Lipinski definition) is 1. The van der Waals surface area contributed by atoms with Gasteiger partial charge in [-0.3, -0.25) is 4.90 Å². The molecule has 104 valence electrons. The molecule has 5 heteroatoms. The molecule has 2 unspecified atom stereocenters. The summed E-state index contributed by atoms with van der Waals surface area (Å²) in [5.41, 5.74) is 7.13. The average molecular weight is 346 g/mol. The molecule has 1 aliphatic heterocycles. The van der Waals surface area contributed by atoms with Crippen molar-refractivity contribution in [2.24, 2.45) is 5.73 Å². The normalized spacial score (nSPS) is 28.6. The Bertz CT molecular complexity index is 467. The Kier molecular flexibility index (Phi) is 4.15. The Morgan fingerprint density at radius 1 is 1.42 bits per heavy atom. The Morgan fingerprint density at radius 3 is 2.84 bits per heavy atom. The van der Waals surface area contributed by atoms with Crippen LogP contribution in [-0.4, -0.2) is 36.7 Å². The highest BCUT2D eigenvalue weighted by molar-refractivity contribution is 9.10. The van der Waals surface area contributed by atoms with Gasteiger partial charge >= 0.3 is 0 Å². The molecule has 19 heavy (non-hydrogen) atoms. The van der Waals surface area contributed by atoms with Crippen molar-refractivity contribution in [2.45, 2.75) is 31.0 Å². The van der Waals surface area contributed by atoms with Crippen molar-refractivity contribution in [1.82, 2.24) is 4.90 Å². The van der Waals surface area contributed by atoms with Gasteiger partial charge in [-0.1, -0.05) is 33.6 Å². The fourth-order valence-corrected chi connectivity index (χ4v) is 3.80. The van der Waals surface area contributed by atoms with Crippen LogP contribution in [0.3, 0.4) is 0 Å². The van der Waals surface area contributed by atoms with Crippen LogP contribution in [0, 0.1) is 0 Å². The molecule has 0 bridgehead atoms. The molecule has 1 aromatic rings. The van der Waals surface area contributed by atoms with Crippen molar-refractivity contribution in [2.75, 3.05) is 19.7 Å². The molecule has 0 aromatic heterocycles. The van der Waals surface area contributed by atoms with Crippen LogP contribution in [0.2, 0.25) is 5.02 Å². The summed E-state index contributed by atoms with van der Waals surface area (Å²) in [5, 5.41) is 0.745. The first kappa shape index (κ1) is 13.8. The highest BCUT2D eigenvalue weighted by Gasteiger charge is 2.41.